The van der Waals surface area contributed by atoms with Gasteiger partial charge in [-0.15, -0.1) is 0 Å². The highest BCUT2D eigenvalue weighted by Crippen LogP contribution is 2.51. The van der Waals surface area contributed by atoms with Crippen LogP contribution in [0, 0.1) is 11.3 Å². The van der Waals surface area contributed by atoms with Gasteiger partial charge in [-0.3, -0.25) is 0 Å². The molecule has 1 aromatic heterocycles. The van der Waals surface area contributed by atoms with Crippen LogP contribution in [0.3, 0.4) is 0 Å². The van der Waals surface area contributed by atoms with Crippen LogP contribution in [0.4, 0.5) is 0 Å². The minimum atomic E-state index is 0.266. The summed E-state index contributed by atoms with van der Waals surface area (Å²) < 4.78 is 7.00. The van der Waals surface area contributed by atoms with Crippen LogP contribution in [-0.4, -0.2) is 6.54 Å². The van der Waals surface area contributed by atoms with Crippen LogP contribution in [0.5, 0.6) is 0 Å². The molecule has 19 heavy (non-hydrogen) atoms. The number of hydrogen-bond acceptors (Lipinski definition) is 2. The van der Waals surface area contributed by atoms with E-state index in [1.54, 1.807) is 0 Å². The van der Waals surface area contributed by atoms with Crippen molar-refractivity contribution in [1.29, 1.82) is 0 Å². The number of furan rings is 1. The van der Waals surface area contributed by atoms with Crippen LogP contribution in [0.25, 0.3) is 11.0 Å². The van der Waals surface area contributed by atoms with Crippen molar-refractivity contribution in [3.05, 3.63) is 34.5 Å². The molecule has 0 radical (unpaired) electrons. The Labute approximate surface area is 122 Å². The van der Waals surface area contributed by atoms with E-state index in [1.807, 2.05) is 12.1 Å². The second kappa shape index (κ2) is 4.64. The summed E-state index contributed by atoms with van der Waals surface area (Å²) in [6.45, 7) is 7.92. The summed E-state index contributed by atoms with van der Waals surface area (Å²) in [5, 5.41) is 4.74. The molecule has 1 aliphatic carbocycles. The van der Waals surface area contributed by atoms with Crippen LogP contribution >= 0.6 is 15.9 Å². The van der Waals surface area contributed by atoms with Crippen molar-refractivity contribution in [2.24, 2.45) is 11.3 Å². The zero-order valence-electron chi connectivity index (χ0n) is 11.7. The fourth-order valence-electron chi connectivity index (χ4n) is 2.59. The van der Waals surface area contributed by atoms with E-state index in [0.717, 1.165) is 33.7 Å². The average Bonchev–Trinajstić information content (AvgIpc) is 2.78. The highest BCUT2D eigenvalue weighted by atomic mass is 79.9. The van der Waals surface area contributed by atoms with E-state index < -0.39 is 0 Å². The fourth-order valence-corrected chi connectivity index (χ4v) is 2.97. The van der Waals surface area contributed by atoms with Crippen LogP contribution in [0.15, 0.2) is 33.2 Å². The van der Waals surface area contributed by atoms with Crippen LogP contribution in [-0.2, 0) is 0 Å². The Bertz CT molecular complexity index is 602. The smallest absolute Gasteiger partial charge is 0.134 e. The molecule has 1 aliphatic rings. The number of rotatable bonds is 4. The first kappa shape index (κ1) is 13.2. The van der Waals surface area contributed by atoms with Crippen molar-refractivity contribution in [2.75, 3.05) is 6.54 Å². The molecule has 2 aromatic rings. The van der Waals surface area contributed by atoms with E-state index in [-0.39, 0.29) is 6.04 Å². The minimum Gasteiger partial charge on any atom is -0.459 e. The van der Waals surface area contributed by atoms with Gasteiger partial charge in [0.15, 0.2) is 0 Å². The van der Waals surface area contributed by atoms with Crippen molar-refractivity contribution >= 4 is 26.9 Å². The standard InChI is InChI=1S/C16H20BrNO/c1-10(18-9-12-8-16(12,2)3)15-7-11-6-13(17)4-5-14(11)19-15/h4-7,10,12,18H,8-9H2,1-3H3. The van der Waals surface area contributed by atoms with Crippen molar-refractivity contribution in [3.8, 4) is 0 Å². The van der Waals surface area contributed by atoms with Crippen LogP contribution in [0.1, 0.15) is 39.0 Å². The summed E-state index contributed by atoms with van der Waals surface area (Å²) in [6, 6.07) is 8.53. The number of hydrogen-bond donors (Lipinski definition) is 1. The maximum atomic E-state index is 5.91. The lowest BCUT2D eigenvalue weighted by Gasteiger charge is -2.11. The number of benzene rings is 1. The largest absolute Gasteiger partial charge is 0.459 e. The summed E-state index contributed by atoms with van der Waals surface area (Å²) in [4.78, 5) is 0. The van der Waals surface area contributed by atoms with E-state index >= 15 is 0 Å². The lowest BCUT2D eigenvalue weighted by molar-refractivity contribution is 0.427. The molecule has 2 unspecified atom stereocenters. The molecule has 2 nitrogen and oxygen atoms in total. The average molecular weight is 322 g/mol. The molecule has 0 aliphatic heterocycles. The monoisotopic (exact) mass is 321 g/mol. The first-order valence-electron chi connectivity index (χ1n) is 6.88. The zero-order valence-corrected chi connectivity index (χ0v) is 13.3. The Morgan fingerprint density at radius 1 is 1.42 bits per heavy atom. The van der Waals surface area contributed by atoms with Gasteiger partial charge in [0, 0.05) is 9.86 Å². The zero-order chi connectivity index (χ0) is 13.6. The molecule has 0 saturated heterocycles. The van der Waals surface area contributed by atoms with Gasteiger partial charge >= 0.3 is 0 Å². The van der Waals surface area contributed by atoms with E-state index in [4.69, 9.17) is 4.42 Å². The Hall–Kier alpha value is -0.800. The predicted molar refractivity (Wildman–Crippen MR) is 82.2 cm³/mol. The van der Waals surface area contributed by atoms with E-state index in [9.17, 15) is 0 Å². The van der Waals surface area contributed by atoms with Crippen LogP contribution < -0.4 is 5.32 Å². The second-order valence-electron chi connectivity index (χ2n) is 6.35. The Kier molecular flexibility index (Phi) is 3.22. The van der Waals surface area contributed by atoms with Gasteiger partial charge < -0.3 is 9.73 Å². The van der Waals surface area contributed by atoms with Gasteiger partial charge in [-0.1, -0.05) is 29.8 Å². The molecule has 0 spiro atoms. The normalized spacial score (nSPS) is 22.6. The maximum Gasteiger partial charge on any atom is 0.134 e. The van der Waals surface area contributed by atoms with E-state index in [0.29, 0.717) is 5.41 Å². The molecule has 1 N–H and O–H groups in total. The van der Waals surface area contributed by atoms with Gasteiger partial charge in [0.25, 0.3) is 0 Å². The highest BCUT2D eigenvalue weighted by Gasteiger charge is 2.45. The third-order valence-electron chi connectivity index (χ3n) is 4.31. The summed E-state index contributed by atoms with van der Waals surface area (Å²) in [7, 11) is 0. The maximum absolute atomic E-state index is 5.91. The Balaban J connectivity index is 1.69. The molecule has 1 saturated carbocycles. The van der Waals surface area contributed by atoms with E-state index in [2.05, 4.69) is 54.2 Å². The van der Waals surface area contributed by atoms with Crippen molar-refractivity contribution in [1.82, 2.24) is 5.32 Å². The third-order valence-corrected chi connectivity index (χ3v) is 4.81. The second-order valence-corrected chi connectivity index (χ2v) is 7.27. The Morgan fingerprint density at radius 2 is 2.16 bits per heavy atom. The molecule has 102 valence electrons. The molecule has 1 fully saturated rings. The van der Waals surface area contributed by atoms with E-state index in [1.165, 1.54) is 6.42 Å². The summed E-state index contributed by atoms with van der Waals surface area (Å²) in [5.41, 5.74) is 1.49. The number of halogens is 1. The molecule has 3 heteroatoms. The molecule has 3 rings (SSSR count). The van der Waals surface area contributed by atoms with Crippen molar-refractivity contribution in [3.63, 3.8) is 0 Å². The minimum absolute atomic E-state index is 0.266. The van der Waals surface area contributed by atoms with Gasteiger partial charge in [0.1, 0.15) is 11.3 Å². The topological polar surface area (TPSA) is 25.2 Å². The first-order valence-corrected chi connectivity index (χ1v) is 7.67. The Morgan fingerprint density at radius 3 is 2.84 bits per heavy atom. The molecule has 0 bridgehead atoms. The first-order chi connectivity index (χ1) is 8.95. The van der Waals surface area contributed by atoms with Gasteiger partial charge in [-0.05, 0) is 55.5 Å². The predicted octanol–water partition coefficient (Wildman–Crippen LogP) is 4.89. The third kappa shape index (κ3) is 2.72. The molecule has 2 atom stereocenters. The van der Waals surface area contributed by atoms with Gasteiger partial charge in [-0.2, -0.15) is 0 Å². The molecule has 1 heterocycles. The van der Waals surface area contributed by atoms with Crippen molar-refractivity contribution < 1.29 is 4.42 Å². The molecule has 0 amide bonds. The lowest BCUT2D eigenvalue weighted by Crippen LogP contribution is -2.22. The lowest BCUT2D eigenvalue weighted by atomic mass is 10.1. The van der Waals surface area contributed by atoms with Crippen molar-refractivity contribution in [2.45, 2.75) is 33.2 Å². The van der Waals surface area contributed by atoms with Gasteiger partial charge in [0.05, 0.1) is 6.04 Å². The molecule has 1 aromatic carbocycles. The quantitative estimate of drug-likeness (QED) is 0.867. The fraction of sp³-hybridized carbons (Fsp3) is 0.500. The van der Waals surface area contributed by atoms with Gasteiger partial charge in [0.2, 0.25) is 0 Å². The SMILES string of the molecule is CC(NCC1CC1(C)C)c1cc2cc(Br)ccc2o1. The van der Waals surface area contributed by atoms with Gasteiger partial charge in [-0.25, -0.2) is 0 Å². The number of fused-ring (bicyclic) bond motifs is 1. The highest BCUT2D eigenvalue weighted by molar-refractivity contribution is 9.10. The summed E-state index contributed by atoms with van der Waals surface area (Å²) in [5.74, 6) is 1.83. The number of nitrogens with one attached hydrogen (secondary N) is 1. The summed E-state index contributed by atoms with van der Waals surface area (Å²) in [6.07, 6.45) is 1.33. The molecular weight excluding hydrogens is 302 g/mol. The van der Waals surface area contributed by atoms with Crippen LogP contribution in [0.2, 0.25) is 0 Å². The summed E-state index contributed by atoms with van der Waals surface area (Å²) >= 11 is 3.49. The molecular formula is C16H20BrNO.